The lowest BCUT2D eigenvalue weighted by Crippen LogP contribution is -2.47. The molecular formula is C29H29F3N6O2S. The number of carbonyl (C=O) groups is 1. The van der Waals surface area contributed by atoms with E-state index in [1.807, 2.05) is 14.1 Å². The van der Waals surface area contributed by atoms with Gasteiger partial charge in [-0.25, -0.2) is 17.9 Å². The van der Waals surface area contributed by atoms with Crippen molar-refractivity contribution in [1.82, 2.24) is 24.8 Å². The highest BCUT2D eigenvalue weighted by atomic mass is 32.1. The van der Waals surface area contributed by atoms with Gasteiger partial charge in [-0.2, -0.15) is 5.26 Å². The van der Waals surface area contributed by atoms with Gasteiger partial charge in [-0.05, 0) is 70.6 Å². The molecule has 8 nitrogen and oxygen atoms in total. The van der Waals surface area contributed by atoms with E-state index >= 15 is 8.78 Å². The number of piperidine rings is 1. The third kappa shape index (κ3) is 5.57. The van der Waals surface area contributed by atoms with E-state index < -0.39 is 23.1 Å². The largest absolute Gasteiger partial charge is 0.389 e. The standard InChI is InChI=1S/C29H29F3N6O2S/c1-29(2,40)15-38-26-22(34-35-38)11-20(24(31)25(26)32)27-19(16-7-8-17(13-33)21(30)10-16)12-23(41-27)28(39)37-9-5-6-18(14-37)36(3)4/h7-8,10-12,18,40H,5-6,9,14-15H2,1-4H3/t18-/m1/s1. The van der Waals surface area contributed by atoms with Crippen molar-refractivity contribution < 1.29 is 23.1 Å². The third-order valence-electron chi connectivity index (χ3n) is 7.22. The van der Waals surface area contributed by atoms with Crippen LogP contribution in [0, 0.1) is 28.8 Å². The minimum atomic E-state index is -1.25. The van der Waals surface area contributed by atoms with Crippen molar-refractivity contribution in [2.45, 2.75) is 44.9 Å². The number of nitriles is 1. The van der Waals surface area contributed by atoms with Gasteiger partial charge in [0.1, 0.15) is 22.9 Å². The second kappa shape index (κ2) is 10.9. The molecule has 1 atom stereocenters. The van der Waals surface area contributed by atoms with Crippen LogP contribution in [-0.4, -0.2) is 74.6 Å². The lowest BCUT2D eigenvalue weighted by atomic mass is 9.99. The van der Waals surface area contributed by atoms with E-state index in [0.717, 1.165) is 34.9 Å². The lowest BCUT2D eigenvalue weighted by Gasteiger charge is -2.35. The molecule has 41 heavy (non-hydrogen) atoms. The molecule has 0 radical (unpaired) electrons. The monoisotopic (exact) mass is 582 g/mol. The van der Waals surface area contributed by atoms with E-state index in [0.29, 0.717) is 29.1 Å². The zero-order chi connectivity index (χ0) is 29.6. The minimum Gasteiger partial charge on any atom is -0.389 e. The predicted molar refractivity (Wildman–Crippen MR) is 150 cm³/mol. The van der Waals surface area contributed by atoms with Gasteiger partial charge in [0.2, 0.25) is 0 Å². The Labute approximate surface area is 239 Å². The summed E-state index contributed by atoms with van der Waals surface area (Å²) in [6.45, 7) is 4.00. The van der Waals surface area contributed by atoms with Gasteiger partial charge in [-0.3, -0.25) is 4.79 Å². The van der Waals surface area contributed by atoms with Gasteiger partial charge in [0.15, 0.2) is 11.6 Å². The quantitative estimate of drug-likeness (QED) is 0.342. The van der Waals surface area contributed by atoms with Gasteiger partial charge in [0, 0.05) is 35.1 Å². The summed E-state index contributed by atoms with van der Waals surface area (Å²) >= 11 is 0.989. The summed E-state index contributed by atoms with van der Waals surface area (Å²) < 4.78 is 47.1. The highest BCUT2D eigenvalue weighted by Gasteiger charge is 2.30. The van der Waals surface area contributed by atoms with Crippen LogP contribution >= 0.6 is 11.3 Å². The van der Waals surface area contributed by atoms with Crippen molar-refractivity contribution in [1.29, 1.82) is 5.26 Å². The van der Waals surface area contributed by atoms with Gasteiger partial charge in [0.25, 0.3) is 5.91 Å². The molecule has 3 heterocycles. The summed E-state index contributed by atoms with van der Waals surface area (Å²) in [4.78, 5) is 18.0. The molecule has 0 aliphatic carbocycles. The van der Waals surface area contributed by atoms with E-state index in [2.05, 4.69) is 15.2 Å². The zero-order valence-electron chi connectivity index (χ0n) is 23.1. The SMILES string of the molecule is CN(C)[C@@H]1CCCN(C(=O)c2cc(-c3ccc(C#N)c(F)c3)c(-c3cc4nnn(CC(C)(C)O)c4c(F)c3F)s2)C1. The second-order valence-electron chi connectivity index (χ2n) is 11.2. The fourth-order valence-corrected chi connectivity index (χ4v) is 6.27. The Morgan fingerprint density at radius 1 is 1.20 bits per heavy atom. The van der Waals surface area contributed by atoms with Crippen molar-refractivity contribution in [2.75, 3.05) is 27.2 Å². The number of rotatable bonds is 6. The minimum absolute atomic E-state index is 0.0613. The molecule has 1 N–H and O–H groups in total. The number of nitrogens with zero attached hydrogens (tertiary/aromatic N) is 6. The van der Waals surface area contributed by atoms with Crippen molar-refractivity contribution in [3.8, 4) is 27.6 Å². The lowest BCUT2D eigenvalue weighted by molar-refractivity contribution is 0.0582. The molecular weight excluding hydrogens is 553 g/mol. The number of amides is 1. The number of thiophene rings is 1. The van der Waals surface area contributed by atoms with E-state index in [-0.39, 0.29) is 45.5 Å². The first-order valence-electron chi connectivity index (χ1n) is 13.1. The summed E-state index contributed by atoms with van der Waals surface area (Å²) in [5, 5.41) is 27.2. The Morgan fingerprint density at radius 2 is 1.95 bits per heavy atom. The maximum absolute atomic E-state index is 15.8. The van der Waals surface area contributed by atoms with Crippen LogP contribution in [0.15, 0.2) is 30.3 Å². The molecule has 12 heteroatoms. The van der Waals surface area contributed by atoms with Crippen molar-refractivity contribution in [3.05, 3.63) is 58.2 Å². The van der Waals surface area contributed by atoms with E-state index in [9.17, 15) is 19.6 Å². The molecule has 1 aliphatic rings. The van der Waals surface area contributed by atoms with Crippen molar-refractivity contribution in [2.24, 2.45) is 0 Å². The number of likely N-dealkylation sites (tertiary alicyclic amines) is 1. The number of aromatic nitrogens is 3. The number of hydrogen-bond acceptors (Lipinski definition) is 7. The number of aliphatic hydroxyl groups is 1. The molecule has 4 aromatic rings. The maximum Gasteiger partial charge on any atom is 0.264 e. The summed E-state index contributed by atoms with van der Waals surface area (Å²) in [5.41, 5.74) is -1.07. The average Bonchev–Trinajstić information content (AvgIpc) is 3.54. The van der Waals surface area contributed by atoms with Crippen LogP contribution in [0.4, 0.5) is 13.2 Å². The molecule has 0 unspecified atom stereocenters. The summed E-state index contributed by atoms with van der Waals surface area (Å²) in [5.74, 6) is -3.40. The third-order valence-corrected chi connectivity index (χ3v) is 8.37. The van der Waals surface area contributed by atoms with Gasteiger partial charge in [0.05, 0.1) is 22.6 Å². The average molecular weight is 583 g/mol. The second-order valence-corrected chi connectivity index (χ2v) is 12.2. The summed E-state index contributed by atoms with van der Waals surface area (Å²) in [6, 6.07) is 8.84. The fraction of sp³-hybridized carbons (Fsp3) is 0.379. The van der Waals surface area contributed by atoms with Gasteiger partial charge >= 0.3 is 0 Å². The molecule has 214 valence electrons. The maximum atomic E-state index is 15.8. The van der Waals surface area contributed by atoms with E-state index in [4.69, 9.17) is 0 Å². The number of likely N-dealkylation sites (N-methyl/N-ethyl adjacent to an activating group) is 1. The number of hydrogen-bond donors (Lipinski definition) is 1. The van der Waals surface area contributed by atoms with Gasteiger partial charge < -0.3 is 14.9 Å². The molecule has 0 bridgehead atoms. The van der Waals surface area contributed by atoms with Crippen LogP contribution in [0.2, 0.25) is 0 Å². The first-order chi connectivity index (χ1) is 19.4. The van der Waals surface area contributed by atoms with Gasteiger partial charge in [-0.15, -0.1) is 16.4 Å². The summed E-state index contributed by atoms with van der Waals surface area (Å²) in [7, 11) is 3.93. The normalized spacial score (nSPS) is 16.0. The predicted octanol–water partition coefficient (Wildman–Crippen LogP) is 5.05. The molecule has 2 aromatic heterocycles. The Kier molecular flexibility index (Phi) is 7.63. The number of benzene rings is 2. The first kappa shape index (κ1) is 28.7. The van der Waals surface area contributed by atoms with Crippen LogP contribution in [0.25, 0.3) is 32.6 Å². The van der Waals surface area contributed by atoms with Crippen LogP contribution in [-0.2, 0) is 6.54 Å². The Balaban J connectivity index is 1.65. The van der Waals surface area contributed by atoms with Crippen LogP contribution in [0.5, 0.6) is 0 Å². The molecule has 1 amide bonds. The number of carbonyl (C=O) groups excluding carboxylic acids is 1. The van der Waals surface area contributed by atoms with E-state index in [1.165, 1.54) is 32.0 Å². The Hall–Kier alpha value is -3.79. The Morgan fingerprint density at radius 3 is 2.61 bits per heavy atom. The molecule has 0 saturated carbocycles. The molecule has 2 aromatic carbocycles. The van der Waals surface area contributed by atoms with Crippen LogP contribution < -0.4 is 0 Å². The van der Waals surface area contributed by atoms with Crippen LogP contribution in [0.1, 0.15) is 41.9 Å². The highest BCUT2D eigenvalue weighted by molar-refractivity contribution is 7.18. The smallest absolute Gasteiger partial charge is 0.264 e. The molecule has 5 rings (SSSR count). The molecule has 1 fully saturated rings. The van der Waals surface area contributed by atoms with Crippen molar-refractivity contribution >= 4 is 28.3 Å². The highest BCUT2D eigenvalue weighted by Crippen LogP contribution is 2.43. The molecule has 1 saturated heterocycles. The van der Waals surface area contributed by atoms with Crippen LogP contribution in [0.3, 0.4) is 0 Å². The number of fused-ring (bicyclic) bond motifs is 1. The molecule has 1 aliphatic heterocycles. The zero-order valence-corrected chi connectivity index (χ0v) is 23.9. The first-order valence-corrected chi connectivity index (χ1v) is 13.9. The molecule has 0 spiro atoms. The van der Waals surface area contributed by atoms with Crippen molar-refractivity contribution in [3.63, 3.8) is 0 Å². The fourth-order valence-electron chi connectivity index (χ4n) is 5.11. The Bertz CT molecular complexity index is 1680. The van der Waals surface area contributed by atoms with Gasteiger partial charge in [-0.1, -0.05) is 11.3 Å². The van der Waals surface area contributed by atoms with E-state index in [1.54, 1.807) is 17.0 Å². The topological polar surface area (TPSA) is 98.3 Å². The summed E-state index contributed by atoms with van der Waals surface area (Å²) in [6.07, 6.45) is 1.79. The number of halogens is 3.